The molecule has 23 heavy (non-hydrogen) atoms. The Bertz CT molecular complexity index is 282. The predicted molar refractivity (Wildman–Crippen MR) is 90.1 cm³/mol. The molecule has 0 unspecified atom stereocenters. The van der Waals surface area contributed by atoms with Gasteiger partial charge in [-0.25, -0.2) is 0 Å². The molecule has 0 rings (SSSR count). The van der Waals surface area contributed by atoms with Gasteiger partial charge in [-0.3, -0.25) is 9.59 Å². The molecule has 0 aliphatic rings. The quantitative estimate of drug-likeness (QED) is 0.382. The van der Waals surface area contributed by atoms with Crippen LogP contribution in [-0.4, -0.2) is 23.1 Å². The van der Waals surface area contributed by atoms with Crippen LogP contribution in [0.5, 0.6) is 0 Å². The molecule has 0 spiro atoms. The van der Waals surface area contributed by atoms with Crippen LogP contribution in [0.15, 0.2) is 0 Å². The van der Waals surface area contributed by atoms with Gasteiger partial charge in [0.2, 0.25) is 0 Å². The van der Waals surface area contributed by atoms with Gasteiger partial charge in [-0.05, 0) is 41.5 Å². The third kappa shape index (κ3) is 26.8. The van der Waals surface area contributed by atoms with Crippen LogP contribution in [0.4, 0.5) is 0 Å². The van der Waals surface area contributed by atoms with E-state index in [0.717, 1.165) is 25.7 Å². The molecule has 0 heterocycles. The van der Waals surface area contributed by atoms with Crippen LogP contribution in [0.1, 0.15) is 80.1 Å². The fraction of sp³-hybridized carbons (Fsp3) is 0.778. The van der Waals surface area contributed by atoms with E-state index in [2.05, 4.69) is 13.8 Å². The normalized spacial score (nSPS) is 10.8. The minimum Gasteiger partial charge on any atom is -0.460 e. The summed E-state index contributed by atoms with van der Waals surface area (Å²) in [6.07, 6.45) is 4.18. The Morgan fingerprint density at radius 1 is 0.739 bits per heavy atom. The van der Waals surface area contributed by atoms with Crippen LogP contribution in [0.3, 0.4) is 0 Å². The van der Waals surface area contributed by atoms with Gasteiger partial charge in [0.05, 0.1) is 0 Å². The van der Waals surface area contributed by atoms with Crippen molar-refractivity contribution < 1.29 is 38.5 Å². The molecule has 0 bridgehead atoms. The number of rotatable bonds is 6. The summed E-state index contributed by atoms with van der Waals surface area (Å²) in [6.45, 7) is 18.5. The van der Waals surface area contributed by atoms with Crippen molar-refractivity contribution in [1.29, 1.82) is 0 Å². The van der Waals surface area contributed by atoms with Gasteiger partial charge >= 0.3 is 31.4 Å². The molecule has 4 nitrogen and oxygen atoms in total. The summed E-state index contributed by atoms with van der Waals surface area (Å²) in [5, 5.41) is 0. The van der Waals surface area contributed by atoms with E-state index in [1.54, 1.807) is 0 Å². The zero-order chi connectivity index (χ0) is 17.8. The third-order valence-electron chi connectivity index (χ3n) is 2.10. The Hall–Kier alpha value is -0.437. The first-order valence-electron chi connectivity index (χ1n) is 7.93. The zero-order valence-electron chi connectivity index (χ0n) is 16.0. The third-order valence-corrected chi connectivity index (χ3v) is 2.10. The molecular weight excluding hydrogens is 346 g/mol. The van der Waals surface area contributed by atoms with E-state index in [-0.39, 0.29) is 42.6 Å². The topological polar surface area (TPSA) is 52.6 Å². The summed E-state index contributed by atoms with van der Waals surface area (Å²) in [6, 6.07) is 0. The Morgan fingerprint density at radius 3 is 1.17 bits per heavy atom. The van der Waals surface area contributed by atoms with Crippen LogP contribution >= 0.6 is 0 Å². The maximum atomic E-state index is 11.0. The minimum atomic E-state index is -0.349. The number of hydrogen-bond acceptors (Lipinski definition) is 4. The van der Waals surface area contributed by atoms with Crippen LogP contribution in [-0.2, 0) is 38.5 Å². The van der Waals surface area contributed by atoms with Crippen molar-refractivity contribution in [3.63, 3.8) is 0 Å². The van der Waals surface area contributed by atoms with Gasteiger partial charge in [-0.2, -0.15) is 12.8 Å². The summed E-state index contributed by atoms with van der Waals surface area (Å²) in [4.78, 5) is 21.9. The van der Waals surface area contributed by atoms with E-state index in [0.29, 0.717) is 12.8 Å². The maximum Gasteiger partial charge on any atom is 2.00 e. The van der Waals surface area contributed by atoms with Crippen molar-refractivity contribution in [2.75, 3.05) is 0 Å². The smallest absolute Gasteiger partial charge is 0.460 e. The largest absolute Gasteiger partial charge is 2.00 e. The summed E-state index contributed by atoms with van der Waals surface area (Å²) in [5.41, 5.74) is -0.698. The summed E-state index contributed by atoms with van der Waals surface area (Å²) < 4.78 is 10.1. The molecule has 132 valence electrons. The zero-order valence-corrected chi connectivity index (χ0v) is 19.0. The molecular formula is C18H34O4Zn. The fourth-order valence-electron chi connectivity index (χ4n) is 1.32. The van der Waals surface area contributed by atoms with Crippen LogP contribution in [0.2, 0.25) is 0 Å². The molecule has 0 N–H and O–H groups in total. The van der Waals surface area contributed by atoms with E-state index in [4.69, 9.17) is 9.47 Å². The number of carbonyl (C=O) groups is 2. The summed E-state index contributed by atoms with van der Waals surface area (Å²) in [7, 11) is 0. The SMILES string of the molecule is [CH2-]CCCC(=O)OC(C)(C)C.[CH2-]CCCC(=O)OC(C)(C)C.[Zn+2]. The number of hydrogen-bond donors (Lipinski definition) is 0. The monoisotopic (exact) mass is 378 g/mol. The fourth-order valence-corrected chi connectivity index (χ4v) is 1.32. The molecule has 0 radical (unpaired) electrons. The van der Waals surface area contributed by atoms with E-state index >= 15 is 0 Å². The molecule has 0 aliphatic carbocycles. The van der Waals surface area contributed by atoms with Crippen molar-refractivity contribution in [3.8, 4) is 0 Å². The first kappa shape index (κ1) is 27.4. The molecule has 0 amide bonds. The Balaban J connectivity index is -0.000000333. The van der Waals surface area contributed by atoms with Gasteiger partial charge in [0.15, 0.2) is 0 Å². The maximum absolute atomic E-state index is 11.0. The van der Waals surface area contributed by atoms with Crippen molar-refractivity contribution in [3.05, 3.63) is 13.8 Å². The van der Waals surface area contributed by atoms with Crippen LogP contribution in [0.25, 0.3) is 0 Å². The molecule has 0 saturated carbocycles. The molecule has 0 aromatic rings. The number of carbonyl (C=O) groups excluding carboxylic acids is 2. The number of unbranched alkanes of at least 4 members (excludes halogenated alkanes) is 2. The average Bonchev–Trinajstić information content (AvgIpc) is 2.30. The van der Waals surface area contributed by atoms with Gasteiger partial charge < -0.3 is 23.3 Å². The average molecular weight is 380 g/mol. The first-order valence-corrected chi connectivity index (χ1v) is 7.93. The van der Waals surface area contributed by atoms with Gasteiger partial charge in [-0.15, -0.1) is 0 Å². The van der Waals surface area contributed by atoms with E-state index in [1.165, 1.54) is 0 Å². The second kappa shape index (κ2) is 14.0. The summed E-state index contributed by atoms with van der Waals surface area (Å²) >= 11 is 0. The van der Waals surface area contributed by atoms with E-state index in [9.17, 15) is 9.59 Å². The van der Waals surface area contributed by atoms with Gasteiger partial charge in [0.25, 0.3) is 0 Å². The van der Waals surface area contributed by atoms with Crippen LogP contribution in [0, 0.1) is 13.8 Å². The van der Waals surface area contributed by atoms with Crippen molar-refractivity contribution in [2.24, 2.45) is 0 Å². The van der Waals surface area contributed by atoms with E-state index in [1.807, 2.05) is 41.5 Å². The molecule has 5 heteroatoms. The standard InChI is InChI=1S/2C9H17O2.Zn/c2*1-5-6-7-8(10)11-9(2,3)4;/h2*1,5-7H2,2-4H3;/q2*-1;+2. The Labute approximate surface area is 155 Å². The molecule has 0 fully saturated rings. The second-order valence-corrected chi connectivity index (χ2v) is 7.09. The summed E-state index contributed by atoms with van der Waals surface area (Å²) in [5.74, 6) is -0.248. The number of ether oxygens (including phenoxy) is 2. The van der Waals surface area contributed by atoms with Crippen molar-refractivity contribution in [2.45, 2.75) is 91.3 Å². The van der Waals surface area contributed by atoms with E-state index < -0.39 is 0 Å². The Kier molecular flexibility index (Phi) is 16.6. The minimum absolute atomic E-state index is 0. The second-order valence-electron chi connectivity index (χ2n) is 7.09. The molecule has 0 saturated heterocycles. The van der Waals surface area contributed by atoms with Crippen LogP contribution < -0.4 is 0 Å². The van der Waals surface area contributed by atoms with Gasteiger partial charge in [0, 0.05) is 12.8 Å². The first-order chi connectivity index (χ1) is 9.91. The molecule has 0 aliphatic heterocycles. The van der Waals surface area contributed by atoms with Gasteiger partial charge in [0.1, 0.15) is 11.2 Å². The van der Waals surface area contributed by atoms with Crippen molar-refractivity contribution >= 4 is 11.9 Å². The molecule has 0 aromatic heterocycles. The predicted octanol–water partition coefficient (Wildman–Crippen LogP) is 4.66. The molecule has 0 atom stereocenters. The Morgan fingerprint density at radius 2 is 1.00 bits per heavy atom. The number of esters is 2. The van der Waals surface area contributed by atoms with Crippen molar-refractivity contribution in [1.82, 2.24) is 0 Å². The van der Waals surface area contributed by atoms with Gasteiger partial charge in [-0.1, -0.05) is 12.8 Å². The molecule has 0 aromatic carbocycles.